The fourth-order valence-electron chi connectivity index (χ4n) is 1.95. The summed E-state index contributed by atoms with van der Waals surface area (Å²) in [5, 5.41) is 12.6. The number of carbonyl (C=O) groups excluding carboxylic acids is 2. The van der Waals surface area contributed by atoms with E-state index in [1.165, 1.54) is 0 Å². The molecule has 1 heterocycles. The second kappa shape index (κ2) is 7.25. The Bertz CT molecular complexity index is 517. The van der Waals surface area contributed by atoms with E-state index in [0.717, 1.165) is 7.11 Å². The van der Waals surface area contributed by atoms with Crippen molar-refractivity contribution in [2.45, 2.75) is 30.6 Å². The highest BCUT2D eigenvalue weighted by atomic mass is 32.2. The first kappa shape index (κ1) is 17.2. The molecule has 0 aromatic carbocycles. The predicted octanol–water partition coefficient (Wildman–Crippen LogP) is -1.12. The molecule has 1 aliphatic rings. The lowest BCUT2D eigenvalue weighted by molar-refractivity contribution is -0.147. The largest absolute Gasteiger partial charge is 0.480 e. The molecule has 0 bridgehead atoms. The topological polar surface area (TPSA) is 139 Å². The molecule has 1 aliphatic heterocycles. The van der Waals surface area contributed by atoms with Gasteiger partial charge in [0.2, 0.25) is 0 Å². The highest BCUT2D eigenvalue weighted by Gasteiger charge is 2.31. The fraction of sp³-hybridized carbons (Fsp3) is 0.727. The monoisotopic (exact) mass is 322 g/mol. The minimum absolute atomic E-state index is 0.0846. The van der Waals surface area contributed by atoms with Gasteiger partial charge in [-0.25, -0.2) is 18.0 Å². The number of urea groups is 1. The maximum absolute atomic E-state index is 11.6. The molecule has 2 atom stereocenters. The summed E-state index contributed by atoms with van der Waals surface area (Å²) in [6.45, 7) is -0.0846. The first-order chi connectivity index (χ1) is 9.76. The number of amides is 2. The van der Waals surface area contributed by atoms with Gasteiger partial charge >= 0.3 is 18.0 Å². The van der Waals surface area contributed by atoms with E-state index in [1.54, 1.807) is 0 Å². The highest BCUT2D eigenvalue weighted by Crippen LogP contribution is 2.18. The van der Waals surface area contributed by atoms with Gasteiger partial charge in [-0.1, -0.05) is 0 Å². The van der Waals surface area contributed by atoms with Gasteiger partial charge in [-0.2, -0.15) is 0 Å². The third kappa shape index (κ3) is 5.21. The molecule has 0 aromatic heterocycles. The van der Waals surface area contributed by atoms with E-state index in [0.29, 0.717) is 12.8 Å². The number of rotatable bonds is 6. The number of hydrogen-bond donors (Lipinski definition) is 3. The molecule has 0 spiro atoms. The number of carbonyl (C=O) groups is 3. The Labute approximate surface area is 122 Å². The molecular weight excluding hydrogens is 304 g/mol. The number of methoxy groups -OCH3 is 1. The van der Waals surface area contributed by atoms with E-state index in [-0.39, 0.29) is 12.3 Å². The Balaban J connectivity index is 2.47. The molecule has 10 heteroatoms. The normalized spacial score (nSPS) is 21.3. The first-order valence-electron chi connectivity index (χ1n) is 6.32. The van der Waals surface area contributed by atoms with Crippen LogP contribution < -0.4 is 10.6 Å². The summed E-state index contributed by atoms with van der Waals surface area (Å²) >= 11 is 0. The van der Waals surface area contributed by atoms with Crippen LogP contribution in [-0.4, -0.2) is 62.2 Å². The SMILES string of the molecule is COC(=O)C[C@H](NC(=O)NCC1CCCS1(=O)=O)C(=O)O. The van der Waals surface area contributed by atoms with Crippen molar-refractivity contribution < 1.29 is 32.6 Å². The van der Waals surface area contributed by atoms with Gasteiger partial charge in [0, 0.05) is 6.54 Å². The van der Waals surface area contributed by atoms with Crippen LogP contribution in [-0.2, 0) is 24.2 Å². The zero-order valence-electron chi connectivity index (χ0n) is 11.5. The zero-order valence-corrected chi connectivity index (χ0v) is 12.3. The van der Waals surface area contributed by atoms with Crippen molar-refractivity contribution in [2.75, 3.05) is 19.4 Å². The first-order valence-corrected chi connectivity index (χ1v) is 8.03. The number of carboxylic acid groups (broad SMARTS) is 1. The molecule has 21 heavy (non-hydrogen) atoms. The van der Waals surface area contributed by atoms with Crippen molar-refractivity contribution in [3.8, 4) is 0 Å². The molecule has 1 unspecified atom stereocenters. The second-order valence-corrected chi connectivity index (χ2v) is 7.06. The van der Waals surface area contributed by atoms with Crippen LogP contribution >= 0.6 is 0 Å². The lowest BCUT2D eigenvalue weighted by Gasteiger charge is -2.15. The molecule has 120 valence electrons. The minimum Gasteiger partial charge on any atom is -0.480 e. The number of esters is 1. The molecule has 9 nitrogen and oxygen atoms in total. The summed E-state index contributed by atoms with van der Waals surface area (Å²) in [4.78, 5) is 33.5. The molecule has 0 saturated carbocycles. The van der Waals surface area contributed by atoms with Crippen molar-refractivity contribution >= 4 is 27.8 Å². The van der Waals surface area contributed by atoms with Crippen molar-refractivity contribution in [3.63, 3.8) is 0 Å². The zero-order chi connectivity index (χ0) is 16.0. The van der Waals surface area contributed by atoms with Crippen LogP contribution in [0, 0.1) is 0 Å². The third-order valence-electron chi connectivity index (χ3n) is 3.15. The van der Waals surface area contributed by atoms with Gasteiger partial charge < -0.3 is 20.5 Å². The smallest absolute Gasteiger partial charge is 0.326 e. The summed E-state index contributed by atoms with van der Waals surface area (Å²) in [6, 6.07) is -2.27. The van der Waals surface area contributed by atoms with Crippen LogP contribution in [0.25, 0.3) is 0 Å². The molecule has 1 saturated heterocycles. The molecular formula is C11H18N2O7S. The predicted molar refractivity (Wildman–Crippen MR) is 71.4 cm³/mol. The van der Waals surface area contributed by atoms with Gasteiger partial charge in [0.15, 0.2) is 9.84 Å². The maximum atomic E-state index is 11.6. The number of aliphatic carboxylic acids is 1. The standard InChI is InChI=1S/C11H18N2O7S/c1-20-9(14)5-8(10(15)16)13-11(17)12-6-7-3-2-4-21(7,18)19/h7-8H,2-6H2,1H3,(H,15,16)(H2,12,13,17)/t7?,8-/m0/s1. The van der Waals surface area contributed by atoms with Crippen LogP contribution in [0.15, 0.2) is 0 Å². The van der Waals surface area contributed by atoms with Gasteiger partial charge in [-0.05, 0) is 12.8 Å². The number of ether oxygens (including phenoxy) is 1. The van der Waals surface area contributed by atoms with Crippen molar-refractivity contribution in [3.05, 3.63) is 0 Å². The van der Waals surface area contributed by atoms with Crippen LogP contribution in [0.2, 0.25) is 0 Å². The molecule has 0 radical (unpaired) electrons. The lowest BCUT2D eigenvalue weighted by Crippen LogP contribution is -2.48. The Hall–Kier alpha value is -1.84. The Morgan fingerprint density at radius 1 is 1.38 bits per heavy atom. The Morgan fingerprint density at radius 2 is 2.05 bits per heavy atom. The van der Waals surface area contributed by atoms with Crippen molar-refractivity contribution in [1.29, 1.82) is 0 Å². The number of sulfone groups is 1. The van der Waals surface area contributed by atoms with Crippen LogP contribution in [0.4, 0.5) is 4.79 Å². The summed E-state index contributed by atoms with van der Waals surface area (Å²) in [6.07, 6.45) is 0.504. The second-order valence-electron chi connectivity index (χ2n) is 4.66. The maximum Gasteiger partial charge on any atom is 0.326 e. The third-order valence-corrected chi connectivity index (χ3v) is 5.43. The van der Waals surface area contributed by atoms with E-state index in [4.69, 9.17) is 5.11 Å². The summed E-state index contributed by atoms with van der Waals surface area (Å²) in [5.41, 5.74) is 0. The van der Waals surface area contributed by atoms with Gasteiger partial charge in [-0.15, -0.1) is 0 Å². The lowest BCUT2D eigenvalue weighted by atomic mass is 10.2. The summed E-state index contributed by atoms with van der Waals surface area (Å²) in [5.74, 6) is -2.06. The van der Waals surface area contributed by atoms with Crippen LogP contribution in [0.3, 0.4) is 0 Å². The Morgan fingerprint density at radius 3 is 2.52 bits per heavy atom. The highest BCUT2D eigenvalue weighted by molar-refractivity contribution is 7.92. The summed E-state index contributed by atoms with van der Waals surface area (Å²) < 4.78 is 27.5. The molecule has 0 aliphatic carbocycles. The van der Waals surface area contributed by atoms with E-state index in [9.17, 15) is 22.8 Å². The van der Waals surface area contributed by atoms with E-state index < -0.39 is 45.5 Å². The molecule has 1 rings (SSSR count). The van der Waals surface area contributed by atoms with Gasteiger partial charge in [0.1, 0.15) is 6.04 Å². The molecule has 3 N–H and O–H groups in total. The van der Waals surface area contributed by atoms with Gasteiger partial charge in [0.05, 0.1) is 24.5 Å². The van der Waals surface area contributed by atoms with E-state index in [1.807, 2.05) is 0 Å². The minimum atomic E-state index is -3.18. The summed E-state index contributed by atoms with van der Waals surface area (Å²) in [7, 11) is -2.08. The van der Waals surface area contributed by atoms with Crippen LogP contribution in [0.5, 0.6) is 0 Å². The quantitative estimate of drug-likeness (QED) is 0.526. The average molecular weight is 322 g/mol. The van der Waals surface area contributed by atoms with Gasteiger partial charge in [0.25, 0.3) is 0 Å². The average Bonchev–Trinajstić information content (AvgIpc) is 2.74. The Kier molecular flexibility index (Phi) is 5.94. The van der Waals surface area contributed by atoms with Crippen molar-refractivity contribution in [2.24, 2.45) is 0 Å². The van der Waals surface area contributed by atoms with Crippen LogP contribution in [0.1, 0.15) is 19.3 Å². The van der Waals surface area contributed by atoms with Crippen molar-refractivity contribution in [1.82, 2.24) is 10.6 Å². The molecule has 2 amide bonds. The number of carboxylic acids is 1. The fourth-order valence-corrected chi connectivity index (χ4v) is 3.72. The van der Waals surface area contributed by atoms with E-state index in [2.05, 4.69) is 15.4 Å². The van der Waals surface area contributed by atoms with Gasteiger partial charge in [-0.3, -0.25) is 4.79 Å². The molecule has 0 aromatic rings. The number of nitrogens with one attached hydrogen (secondary N) is 2. The number of hydrogen-bond acceptors (Lipinski definition) is 6. The van der Waals surface area contributed by atoms with E-state index >= 15 is 0 Å². The molecule has 1 fully saturated rings.